The number of rotatable bonds is 7. The van der Waals surface area contributed by atoms with Crippen LogP contribution in [-0.2, 0) is 0 Å². The molecule has 80 valence electrons. The highest BCUT2D eigenvalue weighted by molar-refractivity contribution is 4.75. The molecule has 0 amide bonds. The summed E-state index contributed by atoms with van der Waals surface area (Å²) in [7, 11) is 0. The highest BCUT2D eigenvalue weighted by Gasteiger charge is 2.20. The molecule has 0 aliphatic heterocycles. The van der Waals surface area contributed by atoms with E-state index in [0.717, 1.165) is 13.0 Å². The molecule has 0 saturated carbocycles. The van der Waals surface area contributed by atoms with Crippen LogP contribution < -0.4 is 5.84 Å². The van der Waals surface area contributed by atoms with E-state index < -0.39 is 0 Å². The maximum Gasteiger partial charge on any atom is 0.0293 e. The van der Waals surface area contributed by atoms with Crippen molar-refractivity contribution >= 4 is 0 Å². The van der Waals surface area contributed by atoms with Crippen LogP contribution in [0.3, 0.4) is 0 Å². The van der Waals surface area contributed by atoms with E-state index in [1.807, 2.05) is 5.01 Å². The summed E-state index contributed by atoms with van der Waals surface area (Å²) in [4.78, 5) is 0. The van der Waals surface area contributed by atoms with Gasteiger partial charge in [-0.15, -0.1) is 0 Å². The Kier molecular flexibility index (Phi) is 6.35. The Balaban J connectivity index is 3.55. The first-order valence-electron chi connectivity index (χ1n) is 5.57. The number of unbranched alkanes of at least 4 members (excludes halogenated alkanes) is 3. The van der Waals surface area contributed by atoms with Gasteiger partial charge in [0.1, 0.15) is 0 Å². The number of hydrogen-bond acceptors (Lipinski definition) is 2. The van der Waals surface area contributed by atoms with Crippen molar-refractivity contribution in [3.63, 3.8) is 0 Å². The highest BCUT2D eigenvalue weighted by atomic mass is 15.4. The van der Waals surface area contributed by atoms with Gasteiger partial charge >= 0.3 is 0 Å². The Labute approximate surface area is 83.5 Å². The summed E-state index contributed by atoms with van der Waals surface area (Å²) >= 11 is 0. The Hall–Kier alpha value is -0.0800. The topological polar surface area (TPSA) is 29.3 Å². The fourth-order valence-corrected chi connectivity index (χ4v) is 1.21. The highest BCUT2D eigenvalue weighted by Crippen LogP contribution is 2.15. The summed E-state index contributed by atoms with van der Waals surface area (Å²) in [5, 5.41) is 1.99. The lowest BCUT2D eigenvalue weighted by atomic mass is 10.0. The molecule has 0 spiro atoms. The minimum Gasteiger partial charge on any atom is -0.268 e. The van der Waals surface area contributed by atoms with E-state index in [-0.39, 0.29) is 5.54 Å². The van der Waals surface area contributed by atoms with E-state index in [1.54, 1.807) is 0 Å². The van der Waals surface area contributed by atoms with Crippen molar-refractivity contribution < 1.29 is 0 Å². The normalized spacial score (nSPS) is 12.5. The van der Waals surface area contributed by atoms with Crippen LogP contribution in [0.25, 0.3) is 0 Å². The molecule has 0 radical (unpaired) electrons. The first-order chi connectivity index (χ1) is 6.04. The fraction of sp³-hybridized carbons (Fsp3) is 1.00. The zero-order chi connectivity index (χ0) is 10.3. The lowest BCUT2D eigenvalue weighted by Crippen LogP contribution is -2.48. The number of nitrogens with two attached hydrogens (primary N) is 1. The molecule has 0 aliphatic rings. The predicted octanol–water partition coefficient (Wildman–Crippen LogP) is 2.93. The summed E-state index contributed by atoms with van der Waals surface area (Å²) < 4.78 is 0. The van der Waals surface area contributed by atoms with Crippen molar-refractivity contribution in [1.29, 1.82) is 0 Å². The summed E-state index contributed by atoms with van der Waals surface area (Å²) in [6.45, 7) is 9.85. The molecular weight excluding hydrogens is 160 g/mol. The molecule has 0 atom stereocenters. The summed E-state index contributed by atoms with van der Waals surface area (Å²) in [6.07, 6.45) is 6.27. The quantitative estimate of drug-likeness (QED) is 0.376. The second-order valence-corrected chi connectivity index (χ2v) is 4.42. The lowest BCUT2D eigenvalue weighted by Gasteiger charge is -2.34. The molecule has 0 rings (SSSR count). The first-order valence-corrected chi connectivity index (χ1v) is 5.57. The van der Waals surface area contributed by atoms with Gasteiger partial charge in [-0.3, -0.25) is 5.84 Å². The van der Waals surface area contributed by atoms with Crippen LogP contribution in [0.4, 0.5) is 0 Å². The molecule has 0 unspecified atom stereocenters. The molecule has 2 nitrogen and oxygen atoms in total. The van der Waals surface area contributed by atoms with Gasteiger partial charge in [0, 0.05) is 12.1 Å². The predicted molar refractivity (Wildman–Crippen MR) is 59.4 cm³/mol. The number of hydrogen-bond donors (Lipinski definition) is 1. The molecule has 13 heavy (non-hydrogen) atoms. The second-order valence-electron chi connectivity index (χ2n) is 4.42. The van der Waals surface area contributed by atoms with Crippen molar-refractivity contribution in [2.75, 3.05) is 6.54 Å². The van der Waals surface area contributed by atoms with Crippen LogP contribution in [0, 0.1) is 0 Å². The van der Waals surface area contributed by atoms with Gasteiger partial charge in [-0.1, -0.05) is 33.1 Å². The minimum absolute atomic E-state index is 0.159. The Morgan fingerprint density at radius 1 is 1.08 bits per heavy atom. The van der Waals surface area contributed by atoms with Crippen LogP contribution in [0.1, 0.15) is 59.8 Å². The maximum absolute atomic E-state index is 5.98. The zero-order valence-electron chi connectivity index (χ0n) is 9.77. The molecule has 2 N–H and O–H groups in total. The lowest BCUT2D eigenvalue weighted by molar-refractivity contribution is 0.114. The summed E-state index contributed by atoms with van der Waals surface area (Å²) in [5.74, 6) is 5.98. The largest absolute Gasteiger partial charge is 0.268 e. The summed E-state index contributed by atoms with van der Waals surface area (Å²) in [5.41, 5.74) is 0.159. The molecule has 0 fully saturated rings. The van der Waals surface area contributed by atoms with Gasteiger partial charge in [0.15, 0.2) is 0 Å². The van der Waals surface area contributed by atoms with Crippen molar-refractivity contribution in [2.45, 2.75) is 65.3 Å². The molecule has 2 heteroatoms. The van der Waals surface area contributed by atoms with Gasteiger partial charge in [0.05, 0.1) is 0 Å². The first kappa shape index (κ1) is 12.9. The smallest absolute Gasteiger partial charge is 0.0293 e. The molecular formula is C11H26N2. The summed E-state index contributed by atoms with van der Waals surface area (Å²) in [6, 6.07) is 0. The molecule has 0 aliphatic carbocycles. The van der Waals surface area contributed by atoms with E-state index in [2.05, 4.69) is 27.7 Å². The minimum atomic E-state index is 0.159. The van der Waals surface area contributed by atoms with Crippen molar-refractivity contribution in [2.24, 2.45) is 5.84 Å². The van der Waals surface area contributed by atoms with Gasteiger partial charge in [0.2, 0.25) is 0 Å². The molecule has 0 aromatic rings. The van der Waals surface area contributed by atoms with E-state index in [9.17, 15) is 0 Å². The van der Waals surface area contributed by atoms with Gasteiger partial charge < -0.3 is 0 Å². The van der Waals surface area contributed by atoms with Crippen molar-refractivity contribution in [3.8, 4) is 0 Å². The zero-order valence-corrected chi connectivity index (χ0v) is 9.77. The van der Waals surface area contributed by atoms with E-state index >= 15 is 0 Å². The molecule has 0 saturated heterocycles. The Morgan fingerprint density at radius 3 is 2.15 bits per heavy atom. The average Bonchev–Trinajstić information content (AvgIpc) is 2.12. The van der Waals surface area contributed by atoms with E-state index in [4.69, 9.17) is 5.84 Å². The SMILES string of the molecule is CCCCCCN(N)C(C)(C)CC. The van der Waals surface area contributed by atoms with Gasteiger partial charge in [-0.05, 0) is 26.7 Å². The number of nitrogens with zero attached hydrogens (tertiary/aromatic N) is 1. The Bertz CT molecular complexity index is 121. The fourth-order valence-electron chi connectivity index (χ4n) is 1.21. The van der Waals surface area contributed by atoms with Crippen molar-refractivity contribution in [1.82, 2.24) is 5.01 Å². The molecule has 0 heterocycles. The van der Waals surface area contributed by atoms with Crippen LogP contribution in [0.2, 0.25) is 0 Å². The molecule has 0 aromatic heterocycles. The molecule has 0 bridgehead atoms. The third-order valence-electron chi connectivity index (χ3n) is 2.90. The standard InChI is InChI=1S/C11H26N2/c1-5-7-8-9-10-13(12)11(3,4)6-2/h5-10,12H2,1-4H3. The van der Waals surface area contributed by atoms with Crippen molar-refractivity contribution in [3.05, 3.63) is 0 Å². The third kappa shape index (κ3) is 5.27. The van der Waals surface area contributed by atoms with Crippen LogP contribution in [0.5, 0.6) is 0 Å². The van der Waals surface area contributed by atoms with Gasteiger partial charge in [-0.2, -0.15) is 0 Å². The van der Waals surface area contributed by atoms with Crippen LogP contribution in [-0.4, -0.2) is 17.1 Å². The van der Waals surface area contributed by atoms with Gasteiger partial charge in [0.25, 0.3) is 0 Å². The van der Waals surface area contributed by atoms with Crippen LogP contribution in [0.15, 0.2) is 0 Å². The van der Waals surface area contributed by atoms with E-state index in [0.29, 0.717) is 0 Å². The average molecular weight is 186 g/mol. The Morgan fingerprint density at radius 2 is 1.69 bits per heavy atom. The van der Waals surface area contributed by atoms with Gasteiger partial charge in [-0.25, -0.2) is 5.01 Å². The maximum atomic E-state index is 5.98. The van der Waals surface area contributed by atoms with Crippen LogP contribution >= 0.6 is 0 Å². The monoisotopic (exact) mass is 186 g/mol. The number of hydrazine groups is 1. The molecule has 0 aromatic carbocycles. The second kappa shape index (κ2) is 6.39. The third-order valence-corrected chi connectivity index (χ3v) is 2.90. The van der Waals surface area contributed by atoms with E-state index in [1.165, 1.54) is 25.7 Å².